The number of aliphatic hydroxyl groups is 1. The van der Waals surface area contributed by atoms with E-state index in [-0.39, 0.29) is 18.5 Å². The van der Waals surface area contributed by atoms with Gasteiger partial charge in [-0.1, -0.05) is 24.3 Å². The second kappa shape index (κ2) is 6.01. The molecular weight excluding hydrogens is 228 g/mol. The summed E-state index contributed by atoms with van der Waals surface area (Å²) in [5.41, 5.74) is 2.44. The predicted octanol–water partition coefficient (Wildman–Crippen LogP) is 2.28. The van der Waals surface area contributed by atoms with Crippen molar-refractivity contribution in [3.8, 4) is 0 Å². The molecule has 1 fully saturated rings. The Bertz CT molecular complexity index is 391. The summed E-state index contributed by atoms with van der Waals surface area (Å²) in [7, 11) is 0. The monoisotopic (exact) mass is 248 g/mol. The third-order valence-electron chi connectivity index (χ3n) is 3.61. The lowest BCUT2D eigenvalue weighted by atomic mass is 9.71. The molecule has 1 aliphatic carbocycles. The summed E-state index contributed by atoms with van der Waals surface area (Å²) >= 11 is 0. The molecule has 3 nitrogen and oxygen atoms in total. The topological polar surface area (TPSA) is 46.5 Å². The Hall–Kier alpha value is -1.35. The largest absolute Gasteiger partial charge is 0.466 e. The van der Waals surface area contributed by atoms with Gasteiger partial charge in [-0.15, -0.1) is 0 Å². The van der Waals surface area contributed by atoms with Crippen molar-refractivity contribution >= 4 is 5.97 Å². The van der Waals surface area contributed by atoms with Crippen LogP contribution < -0.4 is 0 Å². The SMILES string of the molecule is CCOC(=O)C1CC(c2ccc(CCO)cc2)C1. The minimum atomic E-state index is -0.0503. The molecule has 0 aliphatic heterocycles. The Kier molecular flexibility index (Phi) is 4.37. The first kappa shape index (κ1) is 13.1. The van der Waals surface area contributed by atoms with Crippen molar-refractivity contribution in [2.24, 2.45) is 5.92 Å². The Morgan fingerprint density at radius 3 is 2.56 bits per heavy atom. The highest BCUT2D eigenvalue weighted by atomic mass is 16.5. The summed E-state index contributed by atoms with van der Waals surface area (Å²) < 4.78 is 5.01. The fraction of sp³-hybridized carbons (Fsp3) is 0.533. The van der Waals surface area contributed by atoms with Crippen LogP contribution in [0.3, 0.4) is 0 Å². The van der Waals surface area contributed by atoms with Crippen molar-refractivity contribution in [2.75, 3.05) is 13.2 Å². The third-order valence-corrected chi connectivity index (χ3v) is 3.61. The standard InChI is InChI=1S/C15H20O3/c1-2-18-15(17)14-9-13(10-14)12-5-3-11(4-6-12)7-8-16/h3-6,13-14,16H,2,7-10H2,1H3. The molecule has 2 rings (SSSR count). The highest BCUT2D eigenvalue weighted by Crippen LogP contribution is 2.42. The van der Waals surface area contributed by atoms with E-state index in [4.69, 9.17) is 9.84 Å². The first-order valence-electron chi connectivity index (χ1n) is 6.61. The quantitative estimate of drug-likeness (QED) is 0.813. The van der Waals surface area contributed by atoms with Gasteiger partial charge in [0.15, 0.2) is 0 Å². The lowest BCUT2D eigenvalue weighted by molar-refractivity contribution is -0.151. The molecule has 3 heteroatoms. The number of rotatable bonds is 5. The van der Waals surface area contributed by atoms with E-state index in [9.17, 15) is 4.79 Å². The van der Waals surface area contributed by atoms with E-state index in [2.05, 4.69) is 24.3 Å². The predicted molar refractivity (Wildman–Crippen MR) is 69.3 cm³/mol. The summed E-state index contributed by atoms with van der Waals surface area (Å²) in [5, 5.41) is 8.85. The molecule has 0 saturated heterocycles. The average Bonchev–Trinajstić information content (AvgIpc) is 2.30. The molecule has 0 unspecified atom stereocenters. The van der Waals surface area contributed by atoms with Crippen LogP contribution >= 0.6 is 0 Å². The minimum absolute atomic E-state index is 0.0503. The number of carbonyl (C=O) groups is 1. The number of benzene rings is 1. The van der Waals surface area contributed by atoms with Crippen LogP contribution in [-0.2, 0) is 16.0 Å². The zero-order chi connectivity index (χ0) is 13.0. The van der Waals surface area contributed by atoms with Crippen LogP contribution in [0.15, 0.2) is 24.3 Å². The van der Waals surface area contributed by atoms with Crippen molar-refractivity contribution in [2.45, 2.75) is 32.1 Å². The molecule has 1 N–H and O–H groups in total. The maximum atomic E-state index is 11.5. The van der Waals surface area contributed by atoms with Gasteiger partial charge in [0, 0.05) is 6.61 Å². The zero-order valence-corrected chi connectivity index (χ0v) is 10.8. The Morgan fingerprint density at radius 2 is 2.00 bits per heavy atom. The molecule has 0 heterocycles. The number of esters is 1. The van der Waals surface area contributed by atoms with Gasteiger partial charge in [-0.25, -0.2) is 0 Å². The molecule has 0 spiro atoms. The van der Waals surface area contributed by atoms with Crippen molar-refractivity contribution in [1.29, 1.82) is 0 Å². The van der Waals surface area contributed by atoms with Gasteiger partial charge in [0.1, 0.15) is 0 Å². The lowest BCUT2D eigenvalue weighted by Crippen LogP contribution is -2.30. The molecule has 0 amide bonds. The summed E-state index contributed by atoms with van der Waals surface area (Å²) in [6, 6.07) is 8.33. The zero-order valence-electron chi connectivity index (χ0n) is 10.8. The van der Waals surface area contributed by atoms with Crippen molar-refractivity contribution in [3.63, 3.8) is 0 Å². The van der Waals surface area contributed by atoms with Gasteiger partial charge in [-0.2, -0.15) is 0 Å². The number of aliphatic hydroxyl groups excluding tert-OH is 1. The first-order valence-corrected chi connectivity index (χ1v) is 6.61. The third kappa shape index (κ3) is 2.91. The maximum absolute atomic E-state index is 11.5. The van der Waals surface area contributed by atoms with Crippen LogP contribution in [0.1, 0.15) is 36.8 Å². The minimum Gasteiger partial charge on any atom is -0.466 e. The van der Waals surface area contributed by atoms with Crippen LogP contribution in [0.4, 0.5) is 0 Å². The summed E-state index contributed by atoms with van der Waals surface area (Å²) in [6.07, 6.45) is 2.51. The second-order valence-corrected chi connectivity index (χ2v) is 4.83. The Balaban J connectivity index is 1.86. The van der Waals surface area contributed by atoms with Crippen molar-refractivity contribution in [1.82, 2.24) is 0 Å². The van der Waals surface area contributed by atoms with Crippen LogP contribution in [0.2, 0.25) is 0 Å². The van der Waals surface area contributed by atoms with Gasteiger partial charge in [0.25, 0.3) is 0 Å². The van der Waals surface area contributed by atoms with Crippen molar-refractivity contribution in [3.05, 3.63) is 35.4 Å². The van der Waals surface area contributed by atoms with E-state index >= 15 is 0 Å². The van der Waals surface area contributed by atoms with Crippen molar-refractivity contribution < 1.29 is 14.6 Å². The van der Waals surface area contributed by atoms with Gasteiger partial charge in [-0.3, -0.25) is 4.79 Å². The molecule has 1 aromatic carbocycles. The van der Waals surface area contributed by atoms with E-state index < -0.39 is 0 Å². The molecule has 18 heavy (non-hydrogen) atoms. The summed E-state index contributed by atoms with van der Waals surface area (Å²) in [6.45, 7) is 2.50. The highest BCUT2D eigenvalue weighted by molar-refractivity contribution is 5.73. The molecule has 0 atom stereocenters. The molecule has 1 aliphatic rings. The number of ether oxygens (including phenoxy) is 1. The molecule has 0 bridgehead atoms. The summed E-state index contributed by atoms with van der Waals surface area (Å²) in [4.78, 5) is 11.5. The number of hydrogen-bond acceptors (Lipinski definition) is 3. The van der Waals surface area contributed by atoms with Gasteiger partial charge in [-0.05, 0) is 43.2 Å². The van der Waals surface area contributed by atoms with E-state index in [1.165, 1.54) is 5.56 Å². The average molecular weight is 248 g/mol. The smallest absolute Gasteiger partial charge is 0.308 e. The molecule has 0 aromatic heterocycles. The van der Waals surface area contributed by atoms with Gasteiger partial charge < -0.3 is 9.84 Å². The fourth-order valence-electron chi connectivity index (χ4n) is 2.43. The van der Waals surface area contributed by atoms with Gasteiger partial charge in [0.05, 0.1) is 12.5 Å². The van der Waals surface area contributed by atoms with Gasteiger partial charge in [0.2, 0.25) is 0 Å². The normalized spacial score (nSPS) is 22.3. The fourth-order valence-corrected chi connectivity index (χ4v) is 2.43. The lowest BCUT2D eigenvalue weighted by Gasteiger charge is -2.33. The first-order chi connectivity index (χ1) is 8.74. The molecule has 0 radical (unpaired) electrons. The molecule has 1 aromatic rings. The molecule has 98 valence electrons. The van der Waals surface area contributed by atoms with Gasteiger partial charge >= 0.3 is 5.97 Å². The Morgan fingerprint density at radius 1 is 1.33 bits per heavy atom. The van der Waals surface area contributed by atoms with Crippen LogP contribution in [0.5, 0.6) is 0 Å². The van der Waals surface area contributed by atoms with E-state index in [0.717, 1.165) is 18.4 Å². The molecular formula is C15H20O3. The highest BCUT2D eigenvalue weighted by Gasteiger charge is 2.36. The maximum Gasteiger partial charge on any atom is 0.308 e. The molecule has 1 saturated carbocycles. The number of hydrogen-bond donors (Lipinski definition) is 1. The second-order valence-electron chi connectivity index (χ2n) is 4.83. The van der Waals surface area contributed by atoms with E-state index in [0.29, 0.717) is 18.9 Å². The summed E-state index contributed by atoms with van der Waals surface area (Å²) in [5.74, 6) is 0.528. The van der Waals surface area contributed by atoms with Crippen LogP contribution in [0.25, 0.3) is 0 Å². The Labute approximate surface area is 108 Å². The van der Waals surface area contributed by atoms with Crippen LogP contribution in [0, 0.1) is 5.92 Å². The van der Waals surface area contributed by atoms with Crippen LogP contribution in [-0.4, -0.2) is 24.3 Å². The van der Waals surface area contributed by atoms with E-state index in [1.54, 1.807) is 0 Å². The van der Waals surface area contributed by atoms with E-state index in [1.807, 2.05) is 6.92 Å². The number of carbonyl (C=O) groups excluding carboxylic acids is 1.